The average Bonchev–Trinajstić information content (AvgIpc) is 2.82. The predicted octanol–water partition coefficient (Wildman–Crippen LogP) is 2.06. The first-order valence-corrected chi connectivity index (χ1v) is 12.1. The maximum atomic E-state index is 12.7. The molecule has 2 aliphatic rings. The number of carbonyl (C=O) groups is 3. The molecule has 1 saturated heterocycles. The predicted molar refractivity (Wildman–Crippen MR) is 123 cm³/mol. The maximum Gasteiger partial charge on any atom is 0.352 e. The van der Waals surface area contributed by atoms with Gasteiger partial charge in [0, 0.05) is 22.8 Å². The van der Waals surface area contributed by atoms with Crippen LogP contribution in [0.15, 0.2) is 89.2 Å². The second-order valence-electron chi connectivity index (χ2n) is 7.21. The largest absolute Gasteiger partial charge is 0.477 e. The van der Waals surface area contributed by atoms with Gasteiger partial charge in [-0.15, -0.1) is 23.5 Å². The van der Waals surface area contributed by atoms with Crippen molar-refractivity contribution in [3.05, 3.63) is 84.3 Å². The Morgan fingerprint density at radius 2 is 1.91 bits per heavy atom. The van der Waals surface area contributed by atoms with E-state index in [4.69, 9.17) is 0 Å². The van der Waals surface area contributed by atoms with Gasteiger partial charge in [0.1, 0.15) is 17.1 Å². The SMILES string of the molecule is O=C(CSc1ccccc1)N[C@@H]1C(=O)N2C(C(=O)O)=C(C=CC[n+]3ccccc3)CS[C@H]12. The molecule has 2 N–H and O–H groups in total. The van der Waals surface area contributed by atoms with Crippen molar-refractivity contribution >= 4 is 41.3 Å². The first-order valence-electron chi connectivity index (χ1n) is 10.0. The maximum absolute atomic E-state index is 12.7. The van der Waals surface area contributed by atoms with Gasteiger partial charge < -0.3 is 10.4 Å². The van der Waals surface area contributed by atoms with E-state index in [1.165, 1.54) is 28.4 Å². The molecule has 0 spiro atoms. The van der Waals surface area contributed by atoms with Gasteiger partial charge in [-0.05, 0) is 23.8 Å². The molecule has 0 unspecified atom stereocenters. The lowest BCUT2D eigenvalue weighted by Crippen LogP contribution is -2.70. The number of benzene rings is 1. The average molecular weight is 469 g/mol. The summed E-state index contributed by atoms with van der Waals surface area (Å²) in [5, 5.41) is 12.1. The number of aliphatic carboxylic acids is 1. The third kappa shape index (κ3) is 4.89. The zero-order valence-electron chi connectivity index (χ0n) is 17.1. The molecule has 2 atom stereocenters. The van der Waals surface area contributed by atoms with E-state index in [-0.39, 0.29) is 23.3 Å². The van der Waals surface area contributed by atoms with Crippen LogP contribution in [0.25, 0.3) is 0 Å². The monoisotopic (exact) mass is 468 g/mol. The Morgan fingerprint density at radius 1 is 1.19 bits per heavy atom. The first-order chi connectivity index (χ1) is 15.5. The fourth-order valence-electron chi connectivity index (χ4n) is 3.52. The second-order valence-corrected chi connectivity index (χ2v) is 9.36. The van der Waals surface area contributed by atoms with Crippen LogP contribution < -0.4 is 9.88 Å². The number of carbonyl (C=O) groups excluding carboxylic acids is 2. The molecule has 1 fully saturated rings. The van der Waals surface area contributed by atoms with Gasteiger partial charge in [0.05, 0.1) is 5.75 Å². The van der Waals surface area contributed by atoms with Crippen molar-refractivity contribution < 1.29 is 24.1 Å². The Kier molecular flexibility index (Phi) is 6.96. The molecule has 0 saturated carbocycles. The van der Waals surface area contributed by atoms with Gasteiger partial charge in [-0.2, -0.15) is 0 Å². The normalized spacial score (nSPS) is 20.1. The molecule has 0 radical (unpaired) electrons. The van der Waals surface area contributed by atoms with Gasteiger partial charge >= 0.3 is 5.97 Å². The molecule has 1 aromatic heterocycles. The lowest BCUT2D eigenvalue weighted by molar-refractivity contribution is -0.687. The summed E-state index contributed by atoms with van der Waals surface area (Å²) in [5.41, 5.74) is 0.588. The van der Waals surface area contributed by atoms with E-state index >= 15 is 0 Å². The van der Waals surface area contributed by atoms with E-state index in [9.17, 15) is 19.5 Å². The number of amides is 2. The molecular weight excluding hydrogens is 446 g/mol. The van der Waals surface area contributed by atoms with E-state index in [1.54, 1.807) is 6.08 Å². The summed E-state index contributed by atoms with van der Waals surface area (Å²) < 4.78 is 1.96. The summed E-state index contributed by atoms with van der Waals surface area (Å²) >= 11 is 2.85. The van der Waals surface area contributed by atoms with Crippen LogP contribution in [0.4, 0.5) is 0 Å². The number of rotatable bonds is 8. The fourth-order valence-corrected chi connectivity index (χ4v) is 5.57. The van der Waals surface area contributed by atoms with Crippen molar-refractivity contribution in [2.75, 3.05) is 11.5 Å². The molecule has 2 amide bonds. The lowest BCUT2D eigenvalue weighted by Gasteiger charge is -2.49. The highest BCUT2D eigenvalue weighted by Crippen LogP contribution is 2.40. The summed E-state index contributed by atoms with van der Waals surface area (Å²) in [6.07, 6.45) is 7.49. The van der Waals surface area contributed by atoms with E-state index in [0.717, 1.165) is 4.90 Å². The van der Waals surface area contributed by atoms with E-state index in [0.29, 0.717) is 17.9 Å². The van der Waals surface area contributed by atoms with Crippen LogP contribution in [-0.2, 0) is 20.9 Å². The highest BCUT2D eigenvalue weighted by molar-refractivity contribution is 8.00. The number of β-lactam (4-membered cyclic amide) rings is 1. The minimum absolute atomic E-state index is 0.00257. The Hall–Kier alpha value is -3.04. The summed E-state index contributed by atoms with van der Waals surface area (Å²) in [4.78, 5) is 39.3. The number of fused-ring (bicyclic) bond motifs is 1. The zero-order chi connectivity index (χ0) is 22.5. The molecule has 2 aromatic rings. The lowest BCUT2D eigenvalue weighted by atomic mass is 10.0. The van der Waals surface area contributed by atoms with Gasteiger partial charge in [-0.3, -0.25) is 14.5 Å². The van der Waals surface area contributed by atoms with Crippen LogP contribution in [0.5, 0.6) is 0 Å². The van der Waals surface area contributed by atoms with E-state index < -0.39 is 17.4 Å². The molecule has 9 heteroatoms. The number of carboxylic acid groups (broad SMARTS) is 1. The summed E-state index contributed by atoms with van der Waals surface area (Å²) in [7, 11) is 0. The highest BCUT2D eigenvalue weighted by atomic mass is 32.2. The van der Waals surface area contributed by atoms with Crippen molar-refractivity contribution in [1.82, 2.24) is 10.2 Å². The standard InChI is InChI=1S/C23H21N3O4S2/c27-18(15-31-17-9-3-1-4-10-17)24-19-21(28)26-20(23(29)30)16(14-32-22(19)26)8-7-13-25-11-5-2-6-12-25/h1-12,19,22H,13-15H2,(H-,24,27,29,30)/p+1/t19-,22-/m1/s1. The second kappa shape index (κ2) is 10.1. The Bertz CT molecular complexity index is 1070. The third-order valence-electron chi connectivity index (χ3n) is 5.04. The van der Waals surface area contributed by atoms with Gasteiger partial charge in [-0.1, -0.05) is 30.3 Å². The van der Waals surface area contributed by atoms with Crippen molar-refractivity contribution in [3.8, 4) is 0 Å². The number of nitrogens with zero attached hydrogens (tertiary/aromatic N) is 2. The topological polar surface area (TPSA) is 90.6 Å². The Labute approximate surface area is 194 Å². The van der Waals surface area contributed by atoms with Gasteiger partial charge in [0.15, 0.2) is 18.9 Å². The summed E-state index contributed by atoms with van der Waals surface area (Å²) in [6, 6.07) is 14.6. The van der Waals surface area contributed by atoms with Crippen LogP contribution in [0, 0.1) is 0 Å². The molecule has 0 bridgehead atoms. The third-order valence-corrected chi connectivity index (χ3v) is 7.36. The number of aromatic nitrogens is 1. The molecule has 1 aromatic carbocycles. The highest BCUT2D eigenvalue weighted by Gasteiger charge is 2.53. The van der Waals surface area contributed by atoms with Crippen LogP contribution in [0.3, 0.4) is 0 Å². The van der Waals surface area contributed by atoms with Crippen molar-refractivity contribution in [1.29, 1.82) is 0 Å². The minimum atomic E-state index is -1.14. The molecular formula is C23H22N3O4S2+. The fraction of sp³-hybridized carbons (Fsp3) is 0.217. The van der Waals surface area contributed by atoms with Gasteiger partial charge in [0.2, 0.25) is 5.91 Å². The van der Waals surface area contributed by atoms with Crippen LogP contribution in [-0.4, -0.2) is 50.7 Å². The molecule has 0 aliphatic carbocycles. The van der Waals surface area contributed by atoms with Crippen LogP contribution in [0.1, 0.15) is 0 Å². The van der Waals surface area contributed by atoms with E-state index in [2.05, 4.69) is 5.32 Å². The van der Waals surface area contributed by atoms with Crippen LogP contribution in [0.2, 0.25) is 0 Å². The van der Waals surface area contributed by atoms with Crippen molar-refractivity contribution in [2.24, 2.45) is 0 Å². The number of carboxylic acids is 1. The Balaban J connectivity index is 1.39. The molecule has 4 rings (SSSR count). The Morgan fingerprint density at radius 3 is 2.62 bits per heavy atom. The van der Waals surface area contributed by atoms with Crippen molar-refractivity contribution in [3.63, 3.8) is 0 Å². The number of allylic oxidation sites excluding steroid dienone is 2. The van der Waals surface area contributed by atoms with E-state index in [1.807, 2.05) is 71.6 Å². The number of hydrogen-bond acceptors (Lipinski definition) is 5. The molecule has 7 nitrogen and oxygen atoms in total. The molecule has 32 heavy (non-hydrogen) atoms. The van der Waals surface area contributed by atoms with Gasteiger partial charge in [0.25, 0.3) is 5.91 Å². The number of nitrogens with one attached hydrogen (secondary N) is 1. The van der Waals surface area contributed by atoms with Crippen molar-refractivity contribution in [2.45, 2.75) is 22.9 Å². The number of pyridine rings is 1. The zero-order valence-corrected chi connectivity index (χ0v) is 18.7. The molecule has 2 aliphatic heterocycles. The molecule has 3 heterocycles. The summed E-state index contributed by atoms with van der Waals surface area (Å²) in [5.74, 6) is -1.13. The first kappa shape index (κ1) is 22.2. The number of thioether (sulfide) groups is 2. The number of hydrogen-bond donors (Lipinski definition) is 2. The quantitative estimate of drug-likeness (QED) is 0.350. The summed E-state index contributed by atoms with van der Waals surface area (Å²) in [6.45, 7) is 0.594. The minimum Gasteiger partial charge on any atom is -0.477 e. The smallest absolute Gasteiger partial charge is 0.352 e. The van der Waals surface area contributed by atoms with Gasteiger partial charge in [-0.25, -0.2) is 9.36 Å². The molecule has 164 valence electrons. The van der Waals surface area contributed by atoms with Crippen LogP contribution >= 0.6 is 23.5 Å².